The zero-order valence-corrected chi connectivity index (χ0v) is 12.3. The Kier molecular flexibility index (Phi) is 2.97. The summed E-state index contributed by atoms with van der Waals surface area (Å²) in [5.74, 6) is 0. The minimum Gasteiger partial charge on any atom is -0.341 e. The number of nitrogens with zero attached hydrogens (tertiary/aromatic N) is 3. The summed E-state index contributed by atoms with van der Waals surface area (Å²) in [6, 6.07) is 20.6. The van der Waals surface area contributed by atoms with Crippen molar-refractivity contribution in [3.8, 4) is 0 Å². The molecule has 0 saturated heterocycles. The van der Waals surface area contributed by atoms with Crippen molar-refractivity contribution >= 4 is 33.2 Å². The lowest BCUT2D eigenvalue weighted by Gasteiger charge is -2.22. The predicted molar refractivity (Wildman–Crippen MR) is 91.5 cm³/mol. The average molecular weight is 285 g/mol. The van der Waals surface area contributed by atoms with Crippen LogP contribution >= 0.6 is 0 Å². The van der Waals surface area contributed by atoms with Gasteiger partial charge >= 0.3 is 0 Å². The van der Waals surface area contributed by atoms with Crippen molar-refractivity contribution in [1.82, 2.24) is 9.97 Å². The molecule has 0 spiro atoms. The molecule has 0 aliphatic rings. The van der Waals surface area contributed by atoms with Crippen LogP contribution in [0.3, 0.4) is 0 Å². The monoisotopic (exact) mass is 285 g/mol. The molecule has 0 aliphatic heterocycles. The summed E-state index contributed by atoms with van der Waals surface area (Å²) < 4.78 is 0. The van der Waals surface area contributed by atoms with Gasteiger partial charge in [-0.25, -0.2) is 0 Å². The van der Waals surface area contributed by atoms with Crippen molar-refractivity contribution in [3.63, 3.8) is 0 Å². The van der Waals surface area contributed by atoms with E-state index in [0.717, 1.165) is 33.2 Å². The second-order valence-electron chi connectivity index (χ2n) is 5.26. The Morgan fingerprint density at radius 2 is 1.09 bits per heavy atom. The maximum absolute atomic E-state index is 4.55. The number of anilines is 2. The highest BCUT2D eigenvalue weighted by atomic mass is 15.1. The second-order valence-corrected chi connectivity index (χ2v) is 5.26. The van der Waals surface area contributed by atoms with E-state index in [1.54, 1.807) is 0 Å². The molecule has 0 bridgehead atoms. The Morgan fingerprint density at radius 1 is 0.636 bits per heavy atom. The zero-order valence-electron chi connectivity index (χ0n) is 12.3. The maximum Gasteiger partial charge on any atom is 0.0938 e. The fraction of sp³-hybridized carbons (Fsp3) is 0.0526. The third kappa shape index (κ3) is 1.99. The summed E-state index contributed by atoms with van der Waals surface area (Å²) in [7, 11) is 2.06. The number of para-hydroxylation sites is 2. The van der Waals surface area contributed by atoms with Gasteiger partial charge < -0.3 is 4.90 Å². The first-order valence-corrected chi connectivity index (χ1v) is 7.26. The van der Waals surface area contributed by atoms with Crippen LogP contribution in [-0.4, -0.2) is 17.0 Å². The summed E-state index contributed by atoms with van der Waals surface area (Å²) in [5.41, 5.74) is 4.16. The lowest BCUT2D eigenvalue weighted by Crippen LogP contribution is -2.11. The molecule has 2 aromatic heterocycles. The molecule has 4 aromatic rings. The van der Waals surface area contributed by atoms with Crippen LogP contribution in [0.2, 0.25) is 0 Å². The number of fused-ring (bicyclic) bond motifs is 2. The topological polar surface area (TPSA) is 29.0 Å². The van der Waals surface area contributed by atoms with Gasteiger partial charge in [0.1, 0.15) is 0 Å². The summed E-state index contributed by atoms with van der Waals surface area (Å²) in [4.78, 5) is 11.2. The van der Waals surface area contributed by atoms with Crippen molar-refractivity contribution in [1.29, 1.82) is 0 Å². The first-order valence-electron chi connectivity index (χ1n) is 7.26. The SMILES string of the molecule is CN(c1cccc2cccnc12)c1cccc2cccnc12. The fourth-order valence-corrected chi connectivity index (χ4v) is 2.85. The first-order chi connectivity index (χ1) is 10.8. The Labute approximate surface area is 128 Å². The molecule has 4 rings (SSSR count). The fourth-order valence-electron chi connectivity index (χ4n) is 2.85. The number of aromatic nitrogens is 2. The molecule has 0 aliphatic carbocycles. The minimum atomic E-state index is 1.00. The summed E-state index contributed by atoms with van der Waals surface area (Å²) >= 11 is 0. The van der Waals surface area contributed by atoms with Crippen LogP contribution in [-0.2, 0) is 0 Å². The number of hydrogen-bond acceptors (Lipinski definition) is 3. The highest BCUT2D eigenvalue weighted by molar-refractivity contribution is 5.98. The van der Waals surface area contributed by atoms with Crippen LogP contribution in [0, 0.1) is 0 Å². The molecular weight excluding hydrogens is 270 g/mol. The van der Waals surface area contributed by atoms with Crippen molar-refractivity contribution in [2.45, 2.75) is 0 Å². The molecular formula is C19H15N3. The van der Waals surface area contributed by atoms with E-state index in [0.29, 0.717) is 0 Å². The van der Waals surface area contributed by atoms with Gasteiger partial charge in [0.15, 0.2) is 0 Å². The number of benzene rings is 2. The Bertz CT molecular complexity index is 873. The van der Waals surface area contributed by atoms with Crippen LogP contribution in [0.15, 0.2) is 73.1 Å². The van der Waals surface area contributed by atoms with Crippen molar-refractivity contribution in [3.05, 3.63) is 73.1 Å². The third-order valence-corrected chi connectivity index (χ3v) is 3.95. The van der Waals surface area contributed by atoms with E-state index in [2.05, 4.69) is 70.4 Å². The molecule has 2 heterocycles. The molecule has 0 saturated carbocycles. The normalized spacial score (nSPS) is 11.0. The van der Waals surface area contributed by atoms with Crippen LogP contribution in [0.5, 0.6) is 0 Å². The summed E-state index contributed by atoms with van der Waals surface area (Å²) in [6.45, 7) is 0. The van der Waals surface area contributed by atoms with E-state index in [4.69, 9.17) is 0 Å². The van der Waals surface area contributed by atoms with Crippen LogP contribution in [0.1, 0.15) is 0 Å². The Morgan fingerprint density at radius 3 is 1.59 bits per heavy atom. The largest absolute Gasteiger partial charge is 0.341 e. The van der Waals surface area contributed by atoms with E-state index >= 15 is 0 Å². The zero-order chi connectivity index (χ0) is 14.9. The lowest BCUT2D eigenvalue weighted by atomic mass is 10.1. The number of pyridine rings is 2. The van der Waals surface area contributed by atoms with Crippen LogP contribution in [0.25, 0.3) is 21.8 Å². The predicted octanol–water partition coefficient (Wildman–Crippen LogP) is 4.55. The minimum absolute atomic E-state index is 1.00. The molecule has 3 nitrogen and oxygen atoms in total. The van der Waals surface area contributed by atoms with E-state index < -0.39 is 0 Å². The van der Waals surface area contributed by atoms with Gasteiger partial charge in [-0.15, -0.1) is 0 Å². The number of hydrogen-bond donors (Lipinski definition) is 0. The average Bonchev–Trinajstić information content (AvgIpc) is 2.60. The lowest BCUT2D eigenvalue weighted by molar-refractivity contribution is 1.21. The second kappa shape index (κ2) is 5.11. The molecule has 0 fully saturated rings. The molecule has 0 atom stereocenters. The van der Waals surface area contributed by atoms with E-state index in [1.807, 2.05) is 24.5 Å². The maximum atomic E-state index is 4.55. The summed E-state index contributed by atoms with van der Waals surface area (Å²) in [6.07, 6.45) is 3.67. The smallest absolute Gasteiger partial charge is 0.0938 e. The molecule has 0 radical (unpaired) electrons. The van der Waals surface area contributed by atoms with E-state index in [9.17, 15) is 0 Å². The molecule has 0 amide bonds. The van der Waals surface area contributed by atoms with Crippen LogP contribution < -0.4 is 4.90 Å². The molecule has 0 N–H and O–H groups in total. The van der Waals surface area contributed by atoms with Crippen molar-refractivity contribution in [2.24, 2.45) is 0 Å². The molecule has 106 valence electrons. The van der Waals surface area contributed by atoms with Gasteiger partial charge in [-0.05, 0) is 24.3 Å². The Balaban J connectivity index is 1.94. The van der Waals surface area contributed by atoms with Crippen LogP contribution in [0.4, 0.5) is 11.4 Å². The van der Waals surface area contributed by atoms with Gasteiger partial charge in [0.05, 0.1) is 22.4 Å². The summed E-state index contributed by atoms with van der Waals surface area (Å²) in [5, 5.41) is 2.28. The van der Waals surface area contributed by atoms with E-state index in [1.165, 1.54) is 0 Å². The van der Waals surface area contributed by atoms with Gasteiger partial charge in [0.2, 0.25) is 0 Å². The standard InChI is InChI=1S/C19H15N3/c1-22(16-10-2-6-14-8-4-12-20-18(14)16)17-11-3-7-15-9-5-13-21-19(15)17/h2-13H,1H3. The molecule has 2 aromatic carbocycles. The number of rotatable bonds is 2. The third-order valence-electron chi connectivity index (χ3n) is 3.95. The Hall–Kier alpha value is -2.94. The molecule has 0 unspecified atom stereocenters. The van der Waals surface area contributed by atoms with Crippen molar-refractivity contribution in [2.75, 3.05) is 11.9 Å². The molecule has 22 heavy (non-hydrogen) atoms. The van der Waals surface area contributed by atoms with Gasteiger partial charge in [0, 0.05) is 30.2 Å². The van der Waals surface area contributed by atoms with Gasteiger partial charge in [-0.3, -0.25) is 9.97 Å². The quantitative estimate of drug-likeness (QED) is 0.541. The van der Waals surface area contributed by atoms with Gasteiger partial charge in [-0.2, -0.15) is 0 Å². The highest BCUT2D eigenvalue weighted by Crippen LogP contribution is 2.33. The van der Waals surface area contributed by atoms with Crippen molar-refractivity contribution < 1.29 is 0 Å². The van der Waals surface area contributed by atoms with E-state index in [-0.39, 0.29) is 0 Å². The first kappa shape index (κ1) is 12.8. The highest BCUT2D eigenvalue weighted by Gasteiger charge is 2.12. The van der Waals surface area contributed by atoms with Gasteiger partial charge in [-0.1, -0.05) is 36.4 Å². The van der Waals surface area contributed by atoms with Gasteiger partial charge in [0.25, 0.3) is 0 Å². The molecule has 3 heteroatoms.